The zero-order chi connectivity index (χ0) is 14.8. The van der Waals surface area contributed by atoms with Crippen LogP contribution in [0.25, 0.3) is 0 Å². The first-order chi connectivity index (χ1) is 10.1. The van der Waals surface area contributed by atoms with Crippen LogP contribution < -0.4 is 15.5 Å². The molecule has 2 heterocycles. The summed E-state index contributed by atoms with van der Waals surface area (Å²) in [5.74, 6) is 1.34. The first-order valence-electron chi connectivity index (χ1n) is 7.50. The molecule has 0 bridgehead atoms. The molecule has 114 valence electrons. The second-order valence-corrected chi connectivity index (χ2v) is 6.58. The molecule has 2 fully saturated rings. The fraction of sp³-hybridized carbons (Fsp3) is 0.643. The van der Waals surface area contributed by atoms with E-state index in [2.05, 4.69) is 32.4 Å². The normalized spacial score (nSPS) is 22.0. The molecular weight excluding hydrogens is 306 g/mol. The number of rotatable bonds is 3. The van der Waals surface area contributed by atoms with Crippen LogP contribution in [-0.4, -0.2) is 33.7 Å². The van der Waals surface area contributed by atoms with Gasteiger partial charge in [0.15, 0.2) is 5.11 Å². The molecule has 1 atom stereocenters. The quantitative estimate of drug-likeness (QED) is 0.658. The second-order valence-electron chi connectivity index (χ2n) is 5.78. The van der Waals surface area contributed by atoms with E-state index in [9.17, 15) is 0 Å². The van der Waals surface area contributed by atoms with E-state index in [1.165, 1.54) is 32.1 Å². The van der Waals surface area contributed by atoms with Crippen LogP contribution in [0.15, 0.2) is 6.07 Å². The minimum absolute atomic E-state index is 0.439. The van der Waals surface area contributed by atoms with Gasteiger partial charge < -0.3 is 15.5 Å². The molecular formula is C14H20ClN5S. The molecule has 0 amide bonds. The van der Waals surface area contributed by atoms with Gasteiger partial charge in [-0.1, -0.05) is 11.6 Å². The Hall–Kier alpha value is -1.14. The number of halogens is 1. The molecule has 3 rings (SSSR count). The largest absolute Gasteiger partial charge is 0.360 e. The van der Waals surface area contributed by atoms with Gasteiger partial charge in [-0.3, -0.25) is 0 Å². The fourth-order valence-corrected chi connectivity index (χ4v) is 3.03. The average molecular weight is 326 g/mol. The molecule has 1 saturated carbocycles. The van der Waals surface area contributed by atoms with Crippen molar-refractivity contribution in [1.29, 1.82) is 0 Å². The Bertz CT molecular complexity index is 534. The van der Waals surface area contributed by atoms with Crippen LogP contribution in [0.3, 0.4) is 0 Å². The molecule has 5 nitrogen and oxygen atoms in total. The number of nitrogens with zero attached hydrogens (tertiary/aromatic N) is 3. The van der Waals surface area contributed by atoms with Crippen LogP contribution in [0.4, 0.5) is 11.8 Å². The summed E-state index contributed by atoms with van der Waals surface area (Å²) in [6, 6.07) is 2.81. The van der Waals surface area contributed by atoms with Gasteiger partial charge in [0.1, 0.15) is 11.0 Å². The lowest BCUT2D eigenvalue weighted by Gasteiger charge is -2.34. The highest BCUT2D eigenvalue weighted by molar-refractivity contribution is 7.80. The Morgan fingerprint density at radius 2 is 2.14 bits per heavy atom. The van der Waals surface area contributed by atoms with Crippen molar-refractivity contribution < 1.29 is 0 Å². The molecule has 0 unspecified atom stereocenters. The van der Waals surface area contributed by atoms with Gasteiger partial charge in [0, 0.05) is 24.7 Å². The van der Waals surface area contributed by atoms with Crippen LogP contribution >= 0.6 is 23.8 Å². The third-order valence-corrected chi connectivity index (χ3v) is 4.33. The SMILES string of the molecule is C[C@H]1CCCCN1c1cc(Cl)nc(NC(=S)NC2CC2)n1. The van der Waals surface area contributed by atoms with Gasteiger partial charge in [-0.2, -0.15) is 4.98 Å². The van der Waals surface area contributed by atoms with Crippen molar-refractivity contribution in [3.05, 3.63) is 11.2 Å². The van der Waals surface area contributed by atoms with E-state index in [0.29, 0.717) is 28.3 Å². The third-order valence-electron chi connectivity index (χ3n) is 3.92. The number of piperidine rings is 1. The topological polar surface area (TPSA) is 53.1 Å². The summed E-state index contributed by atoms with van der Waals surface area (Å²) in [6.07, 6.45) is 6.00. The fourth-order valence-electron chi connectivity index (χ4n) is 2.60. The third kappa shape index (κ3) is 3.95. The first-order valence-corrected chi connectivity index (χ1v) is 8.29. The Balaban J connectivity index is 1.73. The average Bonchev–Trinajstić information content (AvgIpc) is 3.22. The van der Waals surface area contributed by atoms with E-state index in [1.54, 1.807) is 0 Å². The highest BCUT2D eigenvalue weighted by Gasteiger charge is 2.23. The lowest BCUT2D eigenvalue weighted by Crippen LogP contribution is -2.38. The highest BCUT2D eigenvalue weighted by Crippen LogP contribution is 2.25. The molecule has 2 aliphatic rings. The van der Waals surface area contributed by atoms with Crippen LogP contribution in [0.5, 0.6) is 0 Å². The molecule has 1 aromatic heterocycles. The molecule has 7 heteroatoms. The number of nitrogens with one attached hydrogen (secondary N) is 2. The molecule has 21 heavy (non-hydrogen) atoms. The van der Waals surface area contributed by atoms with Gasteiger partial charge >= 0.3 is 0 Å². The molecule has 1 aliphatic heterocycles. The zero-order valence-electron chi connectivity index (χ0n) is 12.1. The summed E-state index contributed by atoms with van der Waals surface area (Å²) in [7, 11) is 0. The van der Waals surface area contributed by atoms with Crippen LogP contribution in [0, 0.1) is 0 Å². The molecule has 0 aromatic carbocycles. The summed E-state index contributed by atoms with van der Waals surface area (Å²) in [4.78, 5) is 11.1. The van der Waals surface area contributed by atoms with Crippen molar-refractivity contribution >= 4 is 40.7 Å². The minimum atomic E-state index is 0.439. The Morgan fingerprint density at radius 3 is 2.86 bits per heavy atom. The molecule has 1 saturated heterocycles. The van der Waals surface area contributed by atoms with Crippen LogP contribution in [-0.2, 0) is 0 Å². The van der Waals surface area contributed by atoms with Crippen LogP contribution in [0.1, 0.15) is 39.0 Å². The van der Waals surface area contributed by atoms with E-state index in [1.807, 2.05) is 6.07 Å². The highest BCUT2D eigenvalue weighted by atomic mass is 35.5. The monoisotopic (exact) mass is 325 g/mol. The van der Waals surface area contributed by atoms with Crippen molar-refractivity contribution in [2.45, 2.75) is 51.1 Å². The Kier molecular flexibility index (Phi) is 4.45. The first kappa shape index (κ1) is 14.8. The number of aromatic nitrogens is 2. The minimum Gasteiger partial charge on any atom is -0.360 e. The standard InChI is InChI=1S/C14H20ClN5S/c1-9-4-2-3-7-20(9)12-8-11(15)17-13(18-12)19-14(21)16-10-5-6-10/h8-10H,2-7H2,1H3,(H2,16,17,18,19,21)/t9-/m0/s1. The van der Waals surface area contributed by atoms with E-state index < -0.39 is 0 Å². The molecule has 1 aliphatic carbocycles. The summed E-state index contributed by atoms with van der Waals surface area (Å²) in [5.41, 5.74) is 0. The van der Waals surface area contributed by atoms with E-state index in [4.69, 9.17) is 23.8 Å². The van der Waals surface area contributed by atoms with Gasteiger partial charge in [0.25, 0.3) is 0 Å². The second kappa shape index (κ2) is 6.32. The molecule has 0 radical (unpaired) electrons. The van der Waals surface area contributed by atoms with Crippen molar-refractivity contribution in [2.75, 3.05) is 16.8 Å². The summed E-state index contributed by atoms with van der Waals surface area (Å²) >= 11 is 11.4. The van der Waals surface area contributed by atoms with Crippen molar-refractivity contribution in [3.63, 3.8) is 0 Å². The van der Waals surface area contributed by atoms with E-state index in [-0.39, 0.29) is 0 Å². The maximum Gasteiger partial charge on any atom is 0.232 e. The van der Waals surface area contributed by atoms with Crippen molar-refractivity contribution in [2.24, 2.45) is 0 Å². The van der Waals surface area contributed by atoms with Gasteiger partial charge in [0.05, 0.1) is 0 Å². The number of thiocarbonyl (C=S) groups is 1. The van der Waals surface area contributed by atoms with Gasteiger partial charge in [-0.25, -0.2) is 4.98 Å². The molecule has 1 aromatic rings. The lowest BCUT2D eigenvalue weighted by molar-refractivity contribution is 0.481. The Morgan fingerprint density at radius 1 is 1.33 bits per heavy atom. The zero-order valence-corrected chi connectivity index (χ0v) is 13.7. The Labute approximate surface area is 135 Å². The van der Waals surface area contributed by atoms with Gasteiger partial charge in [-0.15, -0.1) is 0 Å². The lowest BCUT2D eigenvalue weighted by atomic mass is 10.0. The summed E-state index contributed by atoms with van der Waals surface area (Å²) < 4.78 is 0. The number of hydrogen-bond acceptors (Lipinski definition) is 4. The maximum atomic E-state index is 6.14. The number of hydrogen-bond donors (Lipinski definition) is 2. The predicted octanol–water partition coefficient (Wildman–Crippen LogP) is 2.96. The van der Waals surface area contributed by atoms with Gasteiger partial charge in [0.2, 0.25) is 5.95 Å². The summed E-state index contributed by atoms with van der Waals surface area (Å²) in [6.45, 7) is 3.24. The van der Waals surface area contributed by atoms with E-state index >= 15 is 0 Å². The summed E-state index contributed by atoms with van der Waals surface area (Å²) in [5, 5.41) is 7.26. The molecule has 2 N–H and O–H groups in total. The van der Waals surface area contributed by atoms with Crippen molar-refractivity contribution in [3.8, 4) is 0 Å². The van der Waals surface area contributed by atoms with Crippen LogP contribution in [0.2, 0.25) is 5.15 Å². The number of anilines is 2. The van der Waals surface area contributed by atoms with Gasteiger partial charge in [-0.05, 0) is 51.2 Å². The van der Waals surface area contributed by atoms with Crippen molar-refractivity contribution in [1.82, 2.24) is 15.3 Å². The maximum absolute atomic E-state index is 6.14. The molecule has 0 spiro atoms. The smallest absolute Gasteiger partial charge is 0.232 e. The van der Waals surface area contributed by atoms with E-state index in [0.717, 1.165) is 12.4 Å². The predicted molar refractivity (Wildman–Crippen MR) is 90.1 cm³/mol.